The van der Waals surface area contributed by atoms with Crippen LogP contribution in [0.3, 0.4) is 0 Å². The third-order valence-corrected chi connectivity index (χ3v) is 5.07. The first-order valence-corrected chi connectivity index (χ1v) is 7.85. The second-order valence-electron chi connectivity index (χ2n) is 6.86. The van der Waals surface area contributed by atoms with Gasteiger partial charge in [0.25, 0.3) is 0 Å². The second-order valence-corrected chi connectivity index (χ2v) is 6.86. The Morgan fingerprint density at radius 3 is 2.47 bits per heavy atom. The van der Waals surface area contributed by atoms with Gasteiger partial charge in [0.15, 0.2) is 7.28 Å². The maximum absolute atomic E-state index is 2.45. The van der Waals surface area contributed by atoms with Gasteiger partial charge < -0.3 is 0 Å². The summed E-state index contributed by atoms with van der Waals surface area (Å²) in [5, 5.41) is 0. The monoisotopic (exact) mass is 232 g/mol. The lowest BCUT2D eigenvalue weighted by atomic mass is 9.52. The van der Waals surface area contributed by atoms with Crippen molar-refractivity contribution in [3.05, 3.63) is 11.0 Å². The zero-order valence-electron chi connectivity index (χ0n) is 12.1. The van der Waals surface area contributed by atoms with E-state index in [0.29, 0.717) is 5.41 Å². The van der Waals surface area contributed by atoms with Crippen molar-refractivity contribution >= 4 is 7.28 Å². The minimum absolute atomic E-state index is 0.468. The van der Waals surface area contributed by atoms with Crippen molar-refractivity contribution < 1.29 is 0 Å². The highest BCUT2D eigenvalue weighted by atomic mass is 14.3. The van der Waals surface area contributed by atoms with Crippen molar-refractivity contribution in [3.8, 4) is 0 Å². The lowest BCUT2D eigenvalue weighted by Gasteiger charge is -2.33. The zero-order valence-corrected chi connectivity index (χ0v) is 12.1. The fourth-order valence-corrected chi connectivity index (χ4v) is 3.00. The summed E-state index contributed by atoms with van der Waals surface area (Å²) in [6, 6.07) is 0. The Balaban J connectivity index is 1.82. The number of hydrogen-bond acceptors (Lipinski definition) is 0. The minimum Gasteiger partial charge on any atom is -0.101 e. The second kappa shape index (κ2) is 5.63. The highest BCUT2D eigenvalue weighted by Gasteiger charge is 2.27. The molecule has 0 heterocycles. The smallest absolute Gasteiger partial charge is 0.101 e. The van der Waals surface area contributed by atoms with Crippen molar-refractivity contribution in [1.82, 2.24) is 0 Å². The van der Waals surface area contributed by atoms with E-state index in [0.717, 1.165) is 5.92 Å². The Bertz CT molecular complexity index is 278. The van der Waals surface area contributed by atoms with E-state index in [1.165, 1.54) is 65.0 Å². The summed E-state index contributed by atoms with van der Waals surface area (Å²) in [7, 11) is 1.39. The van der Waals surface area contributed by atoms with Crippen LogP contribution in [0, 0.1) is 11.3 Å². The van der Waals surface area contributed by atoms with Gasteiger partial charge in [-0.3, -0.25) is 0 Å². The van der Waals surface area contributed by atoms with Gasteiger partial charge in [0.1, 0.15) is 0 Å². The van der Waals surface area contributed by atoms with Crippen LogP contribution in [0.2, 0.25) is 6.32 Å². The van der Waals surface area contributed by atoms with E-state index in [1.54, 1.807) is 0 Å². The van der Waals surface area contributed by atoms with E-state index in [4.69, 9.17) is 0 Å². The van der Waals surface area contributed by atoms with Crippen LogP contribution >= 0.6 is 0 Å². The van der Waals surface area contributed by atoms with E-state index < -0.39 is 0 Å². The highest BCUT2D eigenvalue weighted by molar-refractivity contribution is 6.46. The van der Waals surface area contributed by atoms with E-state index in [2.05, 4.69) is 20.8 Å². The van der Waals surface area contributed by atoms with Gasteiger partial charge in [0, 0.05) is 0 Å². The lowest BCUT2D eigenvalue weighted by Crippen LogP contribution is -2.22. The maximum Gasteiger partial charge on any atom is 0.153 e. The van der Waals surface area contributed by atoms with Crippen LogP contribution in [-0.2, 0) is 0 Å². The Morgan fingerprint density at radius 2 is 2.00 bits per heavy atom. The van der Waals surface area contributed by atoms with Gasteiger partial charge in [-0.15, -0.1) is 5.47 Å². The fraction of sp³-hybridized carbons (Fsp3) is 0.875. The first kappa shape index (κ1) is 13.2. The van der Waals surface area contributed by atoms with E-state index in [-0.39, 0.29) is 0 Å². The molecule has 0 amide bonds. The third-order valence-electron chi connectivity index (χ3n) is 5.07. The molecule has 0 atom stereocenters. The Hall–Kier alpha value is -0.195. The fourth-order valence-electron chi connectivity index (χ4n) is 3.00. The molecule has 17 heavy (non-hydrogen) atoms. The van der Waals surface area contributed by atoms with Crippen LogP contribution in [0.25, 0.3) is 0 Å². The molecule has 0 saturated heterocycles. The molecule has 0 spiro atoms. The molecule has 2 fully saturated rings. The molecule has 0 bridgehead atoms. The van der Waals surface area contributed by atoms with Gasteiger partial charge >= 0.3 is 0 Å². The van der Waals surface area contributed by atoms with Gasteiger partial charge in [-0.05, 0) is 37.0 Å². The Morgan fingerprint density at radius 1 is 1.29 bits per heavy atom. The summed E-state index contributed by atoms with van der Waals surface area (Å²) in [6.45, 7) is 7.26. The third kappa shape index (κ3) is 3.63. The quantitative estimate of drug-likeness (QED) is 0.432. The molecule has 0 aliphatic heterocycles. The van der Waals surface area contributed by atoms with Crippen molar-refractivity contribution in [2.24, 2.45) is 11.3 Å². The molecule has 0 aromatic carbocycles. The maximum atomic E-state index is 2.45. The van der Waals surface area contributed by atoms with E-state index >= 15 is 0 Å². The zero-order chi connectivity index (χ0) is 12.3. The Kier molecular flexibility index (Phi) is 4.39. The predicted molar refractivity (Wildman–Crippen MR) is 78.9 cm³/mol. The highest BCUT2D eigenvalue weighted by Crippen LogP contribution is 2.40. The topological polar surface area (TPSA) is 0 Å². The van der Waals surface area contributed by atoms with E-state index in [9.17, 15) is 0 Å². The molecule has 0 unspecified atom stereocenters. The van der Waals surface area contributed by atoms with Crippen LogP contribution in [0.5, 0.6) is 0 Å². The lowest BCUT2D eigenvalue weighted by molar-refractivity contribution is 0.434. The summed E-state index contributed by atoms with van der Waals surface area (Å²) < 4.78 is 0. The van der Waals surface area contributed by atoms with Gasteiger partial charge in [0.2, 0.25) is 0 Å². The number of hydrogen-bond donors (Lipinski definition) is 0. The SMILES string of the molecule is CCC(C)(C)C(BCCCC1CC1)=C1CCC1. The molecule has 1 heteroatoms. The molecule has 2 aliphatic rings. The molecule has 2 aliphatic carbocycles. The number of allylic oxidation sites excluding steroid dienone is 2. The van der Waals surface area contributed by atoms with Crippen molar-refractivity contribution in [1.29, 1.82) is 0 Å². The van der Waals surface area contributed by atoms with Crippen molar-refractivity contribution in [2.75, 3.05) is 0 Å². The summed E-state index contributed by atoms with van der Waals surface area (Å²) in [6.07, 6.45) is 13.0. The standard InChI is InChI=1S/C16H29B/c1-4-16(2,3)15(14-8-5-9-14)17-12-6-7-13-10-11-13/h13,17H,4-12H2,1-3H3. The van der Waals surface area contributed by atoms with Crippen LogP contribution in [0.15, 0.2) is 11.0 Å². The van der Waals surface area contributed by atoms with Gasteiger partial charge in [-0.2, -0.15) is 0 Å². The first-order valence-electron chi connectivity index (χ1n) is 7.85. The average molecular weight is 232 g/mol. The minimum atomic E-state index is 0.468. The van der Waals surface area contributed by atoms with Crippen LogP contribution < -0.4 is 0 Å². The largest absolute Gasteiger partial charge is 0.153 e. The average Bonchev–Trinajstić information content (AvgIpc) is 3.03. The van der Waals surface area contributed by atoms with Crippen molar-refractivity contribution in [3.63, 3.8) is 0 Å². The molecule has 96 valence electrons. The van der Waals surface area contributed by atoms with Crippen molar-refractivity contribution in [2.45, 2.75) is 78.5 Å². The van der Waals surface area contributed by atoms with Crippen LogP contribution in [-0.4, -0.2) is 7.28 Å². The molecule has 0 nitrogen and oxygen atoms in total. The number of rotatable bonds is 7. The summed E-state index contributed by atoms with van der Waals surface area (Å²) in [5.41, 5.74) is 4.13. The van der Waals surface area contributed by atoms with Gasteiger partial charge in [-0.1, -0.05) is 58.3 Å². The molecule has 0 aromatic heterocycles. The molecule has 0 aromatic rings. The van der Waals surface area contributed by atoms with Gasteiger partial charge in [-0.25, -0.2) is 0 Å². The van der Waals surface area contributed by atoms with Crippen LogP contribution in [0.4, 0.5) is 0 Å². The molecule has 0 N–H and O–H groups in total. The van der Waals surface area contributed by atoms with Gasteiger partial charge in [0.05, 0.1) is 0 Å². The normalized spacial score (nSPS) is 20.1. The molecular formula is C16H29B. The summed E-state index contributed by atoms with van der Waals surface area (Å²) in [5.74, 6) is 1.12. The molecule has 0 radical (unpaired) electrons. The summed E-state index contributed by atoms with van der Waals surface area (Å²) >= 11 is 0. The Labute approximate surface area is 108 Å². The first-order chi connectivity index (χ1) is 8.13. The molecule has 2 rings (SSSR count). The summed E-state index contributed by atoms with van der Waals surface area (Å²) in [4.78, 5) is 0. The van der Waals surface area contributed by atoms with Crippen LogP contribution in [0.1, 0.15) is 72.1 Å². The molecule has 2 saturated carbocycles. The van der Waals surface area contributed by atoms with E-state index in [1.807, 2.05) is 11.0 Å². The predicted octanol–water partition coefficient (Wildman–Crippen LogP) is 4.91. The molecular weight excluding hydrogens is 203 g/mol.